The molecule has 1 N–H and O–H groups in total. The molecule has 0 aliphatic heterocycles. The van der Waals surface area contributed by atoms with Crippen molar-refractivity contribution in [2.75, 3.05) is 6.54 Å². The van der Waals surface area contributed by atoms with Gasteiger partial charge in [-0.25, -0.2) is 4.79 Å². The zero-order valence-corrected chi connectivity index (χ0v) is 14.2. The van der Waals surface area contributed by atoms with Crippen LogP contribution in [0.1, 0.15) is 56.5 Å². The van der Waals surface area contributed by atoms with Gasteiger partial charge < -0.3 is 10.1 Å². The maximum Gasteiger partial charge on any atom is 0.339 e. The van der Waals surface area contributed by atoms with Crippen molar-refractivity contribution in [2.45, 2.75) is 53.1 Å². The van der Waals surface area contributed by atoms with Gasteiger partial charge in [-0.3, -0.25) is 4.79 Å². The van der Waals surface area contributed by atoms with Gasteiger partial charge in [0.25, 0.3) is 5.91 Å². The summed E-state index contributed by atoms with van der Waals surface area (Å²) >= 11 is 0. The van der Waals surface area contributed by atoms with Crippen LogP contribution >= 0.6 is 0 Å². The Kier molecular flexibility index (Phi) is 6.60. The van der Waals surface area contributed by atoms with Crippen molar-refractivity contribution in [1.82, 2.24) is 5.32 Å². The van der Waals surface area contributed by atoms with Gasteiger partial charge in [0.05, 0.1) is 5.56 Å². The zero-order valence-electron chi connectivity index (χ0n) is 14.2. The number of carbonyl (C=O) groups excluding carboxylic acids is 2. The molecule has 1 unspecified atom stereocenters. The Bertz CT molecular complexity index is 508. The number of aryl methyl sites for hydroxylation is 1. The molecule has 1 rings (SSSR count). The molecule has 4 heteroatoms. The monoisotopic (exact) mass is 305 g/mol. The predicted octanol–water partition coefficient (Wildman–Crippen LogP) is 3.48. The second kappa shape index (κ2) is 7.97. The number of hydrogen-bond acceptors (Lipinski definition) is 3. The Balaban J connectivity index is 2.83. The number of unbranched alkanes of at least 4 members (excludes halogenated alkanes) is 1. The molecule has 122 valence electrons. The molecule has 22 heavy (non-hydrogen) atoms. The predicted molar refractivity (Wildman–Crippen MR) is 87.8 cm³/mol. The van der Waals surface area contributed by atoms with E-state index >= 15 is 0 Å². The summed E-state index contributed by atoms with van der Waals surface area (Å²) in [6.45, 7) is 10.0. The maximum absolute atomic E-state index is 12.4. The maximum atomic E-state index is 12.4. The molecule has 0 aromatic heterocycles. The molecular formula is C18H27NO3. The first-order valence-electron chi connectivity index (χ1n) is 7.89. The van der Waals surface area contributed by atoms with E-state index < -0.39 is 11.6 Å². The molecule has 0 bridgehead atoms. The number of carbonyl (C=O) groups is 2. The largest absolute Gasteiger partial charge is 0.445 e. The molecule has 0 heterocycles. The first-order valence-corrected chi connectivity index (χ1v) is 7.89. The Labute approximate surface area is 133 Å². The van der Waals surface area contributed by atoms with Crippen LogP contribution in [0, 0.1) is 12.8 Å². The van der Waals surface area contributed by atoms with Gasteiger partial charge in [0.2, 0.25) is 0 Å². The summed E-state index contributed by atoms with van der Waals surface area (Å²) in [6, 6.07) is 7.13. The third-order valence-electron chi connectivity index (χ3n) is 3.96. The minimum Gasteiger partial charge on any atom is -0.445 e. The Morgan fingerprint density at radius 3 is 2.32 bits per heavy atom. The van der Waals surface area contributed by atoms with E-state index in [1.807, 2.05) is 32.9 Å². The number of ether oxygens (including phenoxy) is 1. The van der Waals surface area contributed by atoms with Crippen molar-refractivity contribution in [2.24, 2.45) is 5.92 Å². The van der Waals surface area contributed by atoms with Crippen LogP contribution in [0.25, 0.3) is 0 Å². The summed E-state index contributed by atoms with van der Waals surface area (Å²) in [5.41, 5.74) is 0.356. The van der Waals surface area contributed by atoms with Crippen molar-refractivity contribution < 1.29 is 14.3 Å². The second-order valence-electron chi connectivity index (χ2n) is 6.13. The first-order chi connectivity index (χ1) is 10.3. The smallest absolute Gasteiger partial charge is 0.339 e. The van der Waals surface area contributed by atoms with Crippen molar-refractivity contribution in [3.63, 3.8) is 0 Å². The lowest BCUT2D eigenvalue weighted by atomic mass is 9.91. The second-order valence-corrected chi connectivity index (χ2v) is 6.13. The zero-order chi connectivity index (χ0) is 16.8. The fraction of sp³-hybridized carbons (Fsp3) is 0.556. The third kappa shape index (κ3) is 4.58. The number of rotatable bonds is 7. The highest BCUT2D eigenvalue weighted by atomic mass is 16.6. The van der Waals surface area contributed by atoms with Crippen molar-refractivity contribution in [3.8, 4) is 0 Å². The van der Waals surface area contributed by atoms with E-state index in [-0.39, 0.29) is 11.8 Å². The van der Waals surface area contributed by atoms with Gasteiger partial charge in [-0.1, -0.05) is 44.9 Å². The molecule has 1 amide bonds. The molecule has 0 aliphatic rings. The number of nitrogens with one attached hydrogen (secondary N) is 1. The average molecular weight is 305 g/mol. The topological polar surface area (TPSA) is 55.4 Å². The number of hydrogen-bond donors (Lipinski definition) is 1. The van der Waals surface area contributed by atoms with Crippen LogP contribution in [0.2, 0.25) is 0 Å². The van der Waals surface area contributed by atoms with Crippen molar-refractivity contribution in [1.29, 1.82) is 0 Å². The lowest BCUT2D eigenvalue weighted by Crippen LogP contribution is -2.51. The third-order valence-corrected chi connectivity index (χ3v) is 3.96. The van der Waals surface area contributed by atoms with E-state index in [1.165, 1.54) is 0 Å². The minimum atomic E-state index is -1.17. The van der Waals surface area contributed by atoms with Crippen LogP contribution in [-0.4, -0.2) is 24.0 Å². The molecule has 0 aliphatic carbocycles. The number of benzene rings is 1. The first kappa shape index (κ1) is 18.2. The highest BCUT2D eigenvalue weighted by Gasteiger charge is 2.40. The van der Waals surface area contributed by atoms with Crippen LogP contribution in [0.5, 0.6) is 0 Å². The summed E-state index contributed by atoms with van der Waals surface area (Å²) in [7, 11) is 0. The van der Waals surface area contributed by atoms with Crippen LogP contribution in [0.4, 0.5) is 0 Å². The number of amides is 1. The molecule has 1 aromatic carbocycles. The molecule has 4 nitrogen and oxygen atoms in total. The normalized spacial score (nSPS) is 13.5. The van der Waals surface area contributed by atoms with Gasteiger partial charge in [-0.2, -0.15) is 0 Å². The quantitative estimate of drug-likeness (QED) is 0.620. The van der Waals surface area contributed by atoms with Gasteiger partial charge >= 0.3 is 5.97 Å². The van der Waals surface area contributed by atoms with Crippen LogP contribution in [0.3, 0.4) is 0 Å². The summed E-state index contributed by atoms with van der Waals surface area (Å²) in [6.07, 6.45) is 1.91. The highest BCUT2D eigenvalue weighted by Crippen LogP contribution is 2.24. The van der Waals surface area contributed by atoms with Gasteiger partial charge in [-0.15, -0.1) is 0 Å². The molecule has 0 fully saturated rings. The molecule has 0 saturated heterocycles. The van der Waals surface area contributed by atoms with Gasteiger partial charge in [0.1, 0.15) is 0 Å². The minimum absolute atomic E-state index is 0.122. The molecule has 1 aromatic rings. The van der Waals surface area contributed by atoms with E-state index in [1.54, 1.807) is 19.1 Å². The standard InChI is InChI=1S/C18H27NO3/c1-6-7-12-19-17(21)18(5,13(2)3)22-16(20)15-10-8-14(4)9-11-15/h8-11,13H,6-7,12H2,1-5H3,(H,19,21). The summed E-state index contributed by atoms with van der Waals surface area (Å²) in [4.78, 5) is 24.7. The van der Waals surface area contributed by atoms with Gasteiger partial charge in [-0.05, 0) is 32.4 Å². The number of esters is 1. The van der Waals surface area contributed by atoms with E-state index in [9.17, 15) is 9.59 Å². The Hall–Kier alpha value is -1.84. The SMILES string of the molecule is CCCCNC(=O)C(C)(OC(=O)c1ccc(C)cc1)C(C)C. The molecular weight excluding hydrogens is 278 g/mol. The average Bonchev–Trinajstić information content (AvgIpc) is 2.47. The summed E-state index contributed by atoms with van der Waals surface area (Å²) < 4.78 is 5.57. The van der Waals surface area contributed by atoms with Gasteiger partial charge in [0.15, 0.2) is 5.60 Å². The lowest BCUT2D eigenvalue weighted by molar-refractivity contribution is -0.143. The summed E-state index contributed by atoms with van der Waals surface area (Å²) in [5.74, 6) is -0.832. The molecule has 0 saturated carbocycles. The van der Waals surface area contributed by atoms with E-state index in [4.69, 9.17) is 4.74 Å². The highest BCUT2D eigenvalue weighted by molar-refractivity contribution is 5.94. The molecule has 0 radical (unpaired) electrons. The van der Waals surface area contributed by atoms with Crippen LogP contribution in [0.15, 0.2) is 24.3 Å². The van der Waals surface area contributed by atoms with E-state index in [0.29, 0.717) is 12.1 Å². The van der Waals surface area contributed by atoms with E-state index in [0.717, 1.165) is 18.4 Å². The Morgan fingerprint density at radius 2 is 1.82 bits per heavy atom. The van der Waals surface area contributed by atoms with Crippen LogP contribution < -0.4 is 5.32 Å². The van der Waals surface area contributed by atoms with E-state index in [2.05, 4.69) is 12.2 Å². The molecule has 0 spiro atoms. The lowest BCUT2D eigenvalue weighted by Gasteiger charge is -2.32. The Morgan fingerprint density at radius 1 is 1.23 bits per heavy atom. The fourth-order valence-corrected chi connectivity index (χ4v) is 1.92. The van der Waals surface area contributed by atoms with Crippen molar-refractivity contribution in [3.05, 3.63) is 35.4 Å². The van der Waals surface area contributed by atoms with Crippen molar-refractivity contribution >= 4 is 11.9 Å². The fourth-order valence-electron chi connectivity index (χ4n) is 1.92. The summed E-state index contributed by atoms with van der Waals surface area (Å²) in [5, 5.41) is 2.86. The molecule has 1 atom stereocenters. The van der Waals surface area contributed by atoms with Gasteiger partial charge in [0, 0.05) is 12.5 Å². The van der Waals surface area contributed by atoms with Crippen LogP contribution in [-0.2, 0) is 9.53 Å².